The highest BCUT2D eigenvalue weighted by atomic mass is 32.2. The minimum absolute atomic E-state index is 0.152. The van der Waals surface area contributed by atoms with E-state index in [1.54, 1.807) is 13.8 Å². The van der Waals surface area contributed by atoms with E-state index in [0.717, 1.165) is 6.42 Å². The van der Waals surface area contributed by atoms with E-state index in [9.17, 15) is 9.90 Å². The largest absolute Gasteiger partial charge is 0.478 e. The zero-order valence-electron chi connectivity index (χ0n) is 13.4. The number of hydrogen-bond acceptors (Lipinski definition) is 5. The molecule has 2 heterocycles. The van der Waals surface area contributed by atoms with Crippen LogP contribution < -0.4 is 0 Å². The van der Waals surface area contributed by atoms with Crippen molar-refractivity contribution >= 4 is 17.7 Å². The Morgan fingerprint density at radius 2 is 1.90 bits per heavy atom. The van der Waals surface area contributed by atoms with Crippen LogP contribution in [0.15, 0.2) is 5.03 Å². The van der Waals surface area contributed by atoms with Crippen molar-refractivity contribution in [2.75, 3.05) is 0 Å². The molecule has 6 heteroatoms. The Balaban J connectivity index is 2.38. The van der Waals surface area contributed by atoms with E-state index in [1.807, 2.05) is 13.8 Å². The van der Waals surface area contributed by atoms with Crippen LogP contribution >= 0.6 is 11.8 Å². The Labute approximate surface area is 129 Å². The quantitative estimate of drug-likeness (QED) is 0.864. The maximum absolute atomic E-state index is 11.5. The van der Waals surface area contributed by atoms with E-state index < -0.39 is 5.97 Å². The average Bonchev–Trinajstić information content (AvgIpc) is 2.44. The Kier molecular flexibility index (Phi) is 4.06. The molecule has 0 aliphatic carbocycles. The van der Waals surface area contributed by atoms with Gasteiger partial charge in [0.05, 0.1) is 16.9 Å². The number of hydrogen-bond donors (Lipinski definition) is 1. The molecule has 1 aliphatic rings. The SMILES string of the molecule is Cc1nc(C)c(C(=O)O)c(SC2CC(C)(C)OC2(C)C)n1. The molecule has 1 aromatic rings. The minimum Gasteiger partial charge on any atom is -0.478 e. The van der Waals surface area contributed by atoms with Crippen molar-refractivity contribution in [2.45, 2.75) is 69.4 Å². The van der Waals surface area contributed by atoms with Gasteiger partial charge in [-0.05, 0) is 48.0 Å². The summed E-state index contributed by atoms with van der Waals surface area (Å²) in [6, 6.07) is 0. The van der Waals surface area contributed by atoms with Crippen molar-refractivity contribution in [2.24, 2.45) is 0 Å². The van der Waals surface area contributed by atoms with Crippen molar-refractivity contribution in [1.82, 2.24) is 9.97 Å². The number of rotatable bonds is 3. The average molecular weight is 310 g/mol. The summed E-state index contributed by atoms with van der Waals surface area (Å²) in [5, 5.41) is 10.1. The highest BCUT2D eigenvalue weighted by Crippen LogP contribution is 2.46. The standard InChI is InChI=1S/C15H22N2O3S/c1-8-11(13(18)19)12(17-9(2)16-8)21-10-7-14(3,4)20-15(10,5)6/h10H,7H2,1-6H3,(H,18,19). The van der Waals surface area contributed by atoms with Crippen LogP contribution in [0.1, 0.15) is 56.0 Å². The van der Waals surface area contributed by atoms with Crippen molar-refractivity contribution in [3.63, 3.8) is 0 Å². The highest BCUT2D eigenvalue weighted by Gasteiger charge is 2.46. The summed E-state index contributed by atoms with van der Waals surface area (Å²) in [6.07, 6.45) is 0.853. The van der Waals surface area contributed by atoms with Gasteiger partial charge in [0.2, 0.25) is 0 Å². The molecule has 0 amide bonds. The monoisotopic (exact) mass is 310 g/mol. The van der Waals surface area contributed by atoms with Gasteiger partial charge in [-0.25, -0.2) is 14.8 Å². The predicted octanol–water partition coefficient (Wildman–Crippen LogP) is 3.23. The first-order valence-corrected chi connectivity index (χ1v) is 7.85. The van der Waals surface area contributed by atoms with E-state index in [4.69, 9.17) is 4.74 Å². The first-order chi connectivity index (χ1) is 9.52. The maximum atomic E-state index is 11.5. The third kappa shape index (κ3) is 3.37. The molecule has 0 saturated carbocycles. The fraction of sp³-hybridized carbons (Fsp3) is 0.667. The molecule has 0 radical (unpaired) electrons. The molecular formula is C15H22N2O3S. The number of aryl methyl sites for hydroxylation is 2. The van der Waals surface area contributed by atoms with Gasteiger partial charge < -0.3 is 9.84 Å². The van der Waals surface area contributed by atoms with E-state index >= 15 is 0 Å². The zero-order valence-corrected chi connectivity index (χ0v) is 14.2. The number of nitrogens with zero attached hydrogens (tertiary/aromatic N) is 2. The number of thioether (sulfide) groups is 1. The molecule has 1 unspecified atom stereocenters. The third-order valence-electron chi connectivity index (χ3n) is 3.63. The topological polar surface area (TPSA) is 72.3 Å². The van der Waals surface area contributed by atoms with Crippen molar-refractivity contribution in [3.8, 4) is 0 Å². The van der Waals surface area contributed by atoms with Gasteiger partial charge in [0, 0.05) is 5.25 Å². The van der Waals surface area contributed by atoms with Gasteiger partial charge in [0.1, 0.15) is 16.4 Å². The fourth-order valence-electron chi connectivity index (χ4n) is 2.84. The summed E-state index contributed by atoms with van der Waals surface area (Å²) in [4.78, 5) is 20.0. The summed E-state index contributed by atoms with van der Waals surface area (Å²) < 4.78 is 6.07. The molecule has 5 nitrogen and oxygen atoms in total. The number of carbonyl (C=O) groups is 1. The summed E-state index contributed by atoms with van der Waals surface area (Å²) in [5.74, 6) is -0.387. The molecule has 0 bridgehead atoms. The van der Waals surface area contributed by atoms with Crippen LogP contribution in [-0.4, -0.2) is 37.5 Å². The number of aromatic nitrogens is 2. The predicted molar refractivity (Wildman–Crippen MR) is 82.0 cm³/mol. The highest BCUT2D eigenvalue weighted by molar-refractivity contribution is 8.00. The molecular weight excluding hydrogens is 288 g/mol. The van der Waals surface area contributed by atoms with Crippen molar-refractivity contribution in [1.29, 1.82) is 0 Å². The molecule has 1 atom stereocenters. The second-order valence-electron chi connectivity index (χ2n) is 6.62. The lowest BCUT2D eigenvalue weighted by Crippen LogP contribution is -2.31. The van der Waals surface area contributed by atoms with Crippen molar-refractivity contribution < 1.29 is 14.6 Å². The van der Waals surface area contributed by atoms with Gasteiger partial charge in [0.25, 0.3) is 0 Å². The molecule has 116 valence electrons. The van der Waals surface area contributed by atoms with Gasteiger partial charge >= 0.3 is 5.97 Å². The molecule has 1 aromatic heterocycles. The molecule has 1 fully saturated rings. The van der Waals surface area contributed by atoms with E-state index in [0.29, 0.717) is 16.5 Å². The Bertz CT molecular complexity index is 585. The van der Waals surface area contributed by atoms with E-state index in [2.05, 4.69) is 23.8 Å². The Morgan fingerprint density at radius 1 is 1.29 bits per heavy atom. The molecule has 1 aliphatic heterocycles. The minimum atomic E-state index is -0.981. The van der Waals surface area contributed by atoms with Gasteiger partial charge in [-0.1, -0.05) is 11.8 Å². The van der Waals surface area contributed by atoms with Crippen molar-refractivity contribution in [3.05, 3.63) is 17.1 Å². The number of carboxylic acids is 1. The summed E-state index contributed by atoms with van der Waals surface area (Å²) in [5.41, 5.74) is 0.179. The molecule has 1 N–H and O–H groups in total. The first kappa shape index (κ1) is 16.2. The lowest BCUT2D eigenvalue weighted by molar-refractivity contribution is -0.0631. The summed E-state index contributed by atoms with van der Waals surface area (Å²) >= 11 is 1.49. The first-order valence-electron chi connectivity index (χ1n) is 6.97. The summed E-state index contributed by atoms with van der Waals surface area (Å²) in [7, 11) is 0. The lowest BCUT2D eigenvalue weighted by atomic mass is 10.0. The number of carboxylic acid groups (broad SMARTS) is 1. The lowest BCUT2D eigenvalue weighted by Gasteiger charge is -2.27. The van der Waals surface area contributed by atoms with Crippen LogP contribution in [0.4, 0.5) is 0 Å². The number of aromatic carboxylic acids is 1. The molecule has 1 saturated heterocycles. The van der Waals surface area contributed by atoms with Crippen LogP contribution in [-0.2, 0) is 4.74 Å². The molecule has 0 aromatic carbocycles. The smallest absolute Gasteiger partial charge is 0.340 e. The molecule has 2 rings (SSSR count). The van der Waals surface area contributed by atoms with E-state index in [-0.39, 0.29) is 22.0 Å². The summed E-state index contributed by atoms with van der Waals surface area (Å²) in [6.45, 7) is 11.7. The van der Waals surface area contributed by atoms with Gasteiger partial charge in [0.15, 0.2) is 0 Å². The molecule has 0 spiro atoms. The van der Waals surface area contributed by atoms with E-state index in [1.165, 1.54) is 11.8 Å². The van der Waals surface area contributed by atoms with Gasteiger partial charge in [-0.3, -0.25) is 0 Å². The van der Waals surface area contributed by atoms with Crippen LogP contribution in [0.25, 0.3) is 0 Å². The second kappa shape index (κ2) is 5.25. The zero-order chi connectivity index (χ0) is 16.0. The maximum Gasteiger partial charge on any atom is 0.340 e. The fourth-order valence-corrected chi connectivity index (χ4v) is 4.47. The Morgan fingerprint density at radius 3 is 2.38 bits per heavy atom. The van der Waals surface area contributed by atoms with Crippen LogP contribution in [0.5, 0.6) is 0 Å². The normalized spacial score (nSPS) is 23.2. The van der Waals surface area contributed by atoms with Crippen LogP contribution in [0.3, 0.4) is 0 Å². The third-order valence-corrected chi connectivity index (χ3v) is 5.17. The number of ether oxygens (including phenoxy) is 1. The van der Waals surface area contributed by atoms with Crippen LogP contribution in [0.2, 0.25) is 0 Å². The van der Waals surface area contributed by atoms with Crippen LogP contribution in [0, 0.1) is 13.8 Å². The molecule has 21 heavy (non-hydrogen) atoms. The second-order valence-corrected chi connectivity index (χ2v) is 7.81. The van der Waals surface area contributed by atoms with Gasteiger partial charge in [-0.2, -0.15) is 0 Å². The Hall–Kier alpha value is -1.14. The van der Waals surface area contributed by atoms with Gasteiger partial charge in [-0.15, -0.1) is 0 Å².